The third-order valence-electron chi connectivity index (χ3n) is 1.47. The van der Waals surface area contributed by atoms with Crippen LogP contribution >= 0.6 is 0 Å². The van der Waals surface area contributed by atoms with Crippen molar-refractivity contribution in [2.24, 2.45) is 0 Å². The van der Waals surface area contributed by atoms with Crippen LogP contribution in [-0.4, -0.2) is 13.3 Å². The summed E-state index contributed by atoms with van der Waals surface area (Å²) in [6.07, 6.45) is -2.15. The molecule has 0 unspecified atom stereocenters. The van der Waals surface area contributed by atoms with Crippen molar-refractivity contribution in [1.82, 2.24) is 0 Å². The molecule has 1 rings (SSSR count). The molecular formula is C8H7F3O. The molecule has 12 heavy (non-hydrogen) atoms. The Kier molecular flexibility index (Phi) is 2.29. The van der Waals surface area contributed by atoms with E-state index in [1.54, 1.807) is 0 Å². The first kappa shape index (κ1) is 8.94. The quantitative estimate of drug-likeness (QED) is 0.558. The van der Waals surface area contributed by atoms with Crippen LogP contribution in [0.4, 0.5) is 13.2 Å². The number of hydrogen-bond donors (Lipinski definition) is 0. The van der Waals surface area contributed by atoms with Gasteiger partial charge in [-0.3, -0.25) is 0 Å². The second-order valence-corrected chi connectivity index (χ2v) is 2.28. The zero-order chi connectivity index (χ0) is 9.19. The van der Waals surface area contributed by atoms with Gasteiger partial charge in [0.25, 0.3) is 0 Å². The first-order valence-corrected chi connectivity index (χ1v) is 3.31. The summed E-state index contributed by atoms with van der Waals surface area (Å²) in [6, 6.07) is 0. The van der Waals surface area contributed by atoms with E-state index < -0.39 is 11.7 Å². The molecule has 0 saturated carbocycles. The smallest absolute Gasteiger partial charge is 0.416 e. The van der Waals surface area contributed by atoms with Gasteiger partial charge in [0.05, 0.1) is 12.7 Å². The standard InChI is InChI=1S/C8H7F3O/c1-12-7-4-2-6(3-5-7)8(9,10)11/h2-3H,4H2,1H3. The summed E-state index contributed by atoms with van der Waals surface area (Å²) in [4.78, 5) is 0. The molecule has 0 heterocycles. The van der Waals surface area contributed by atoms with E-state index in [-0.39, 0.29) is 6.42 Å². The number of ether oxygens (including phenoxy) is 1. The van der Waals surface area contributed by atoms with E-state index in [1.165, 1.54) is 7.11 Å². The van der Waals surface area contributed by atoms with E-state index in [0.29, 0.717) is 5.76 Å². The maximum absolute atomic E-state index is 12.0. The number of hydrogen-bond acceptors (Lipinski definition) is 1. The van der Waals surface area contributed by atoms with Crippen LogP contribution in [0, 0.1) is 0 Å². The van der Waals surface area contributed by atoms with Gasteiger partial charge in [0.2, 0.25) is 0 Å². The van der Waals surface area contributed by atoms with Crippen LogP contribution in [0.3, 0.4) is 0 Å². The molecular weight excluding hydrogens is 169 g/mol. The lowest BCUT2D eigenvalue weighted by molar-refractivity contribution is -0.0885. The Hall–Kier alpha value is -1.15. The van der Waals surface area contributed by atoms with Crippen LogP contribution in [0.1, 0.15) is 6.42 Å². The lowest BCUT2D eigenvalue weighted by Gasteiger charge is -2.10. The number of halogens is 3. The Bertz CT molecular complexity index is 267. The van der Waals surface area contributed by atoms with E-state index in [1.807, 2.05) is 0 Å². The van der Waals surface area contributed by atoms with Crippen molar-refractivity contribution in [3.63, 3.8) is 0 Å². The van der Waals surface area contributed by atoms with E-state index in [9.17, 15) is 13.2 Å². The molecule has 0 aromatic rings. The zero-order valence-electron chi connectivity index (χ0n) is 6.40. The highest BCUT2D eigenvalue weighted by Crippen LogP contribution is 2.29. The topological polar surface area (TPSA) is 9.23 Å². The molecule has 4 heteroatoms. The molecule has 0 saturated heterocycles. The fraction of sp³-hybridized carbons (Fsp3) is 0.375. The van der Waals surface area contributed by atoms with Crippen LogP contribution in [-0.2, 0) is 4.74 Å². The number of allylic oxidation sites excluding steroid dienone is 2. The Morgan fingerprint density at radius 3 is 2.50 bits per heavy atom. The van der Waals surface area contributed by atoms with Gasteiger partial charge in [0.1, 0.15) is 5.76 Å². The normalized spacial score (nSPS) is 17.0. The van der Waals surface area contributed by atoms with Gasteiger partial charge in [-0.1, -0.05) is 11.8 Å². The number of alkyl halides is 3. The van der Waals surface area contributed by atoms with Gasteiger partial charge in [-0.05, 0) is 6.08 Å². The molecule has 0 aromatic heterocycles. The second kappa shape index (κ2) is 3.07. The minimum Gasteiger partial charge on any atom is -0.493 e. The highest BCUT2D eigenvalue weighted by Gasteiger charge is 2.32. The molecule has 0 aromatic carbocycles. The number of rotatable bonds is 1. The lowest BCUT2D eigenvalue weighted by atomic mass is 10.1. The first-order chi connectivity index (χ1) is 5.54. The van der Waals surface area contributed by atoms with Gasteiger partial charge in [-0.2, -0.15) is 13.2 Å². The Labute approximate surface area is 67.8 Å². The summed E-state index contributed by atoms with van der Waals surface area (Å²) < 4.78 is 40.7. The van der Waals surface area contributed by atoms with Crippen LogP contribution in [0.25, 0.3) is 0 Å². The van der Waals surface area contributed by atoms with Gasteiger partial charge in [-0.25, -0.2) is 0 Å². The molecule has 0 amide bonds. The predicted molar refractivity (Wildman–Crippen MR) is 37.4 cm³/mol. The van der Waals surface area contributed by atoms with Crippen molar-refractivity contribution >= 4 is 0 Å². The summed E-state index contributed by atoms with van der Waals surface area (Å²) in [7, 11) is 1.41. The number of methoxy groups -OCH3 is 1. The van der Waals surface area contributed by atoms with Gasteiger partial charge < -0.3 is 4.74 Å². The fourth-order valence-electron chi connectivity index (χ4n) is 0.819. The minimum atomic E-state index is -4.27. The summed E-state index contributed by atoms with van der Waals surface area (Å²) in [5.74, 6) is 0.419. The summed E-state index contributed by atoms with van der Waals surface area (Å²) in [5, 5.41) is 0. The van der Waals surface area contributed by atoms with Crippen molar-refractivity contribution in [2.75, 3.05) is 7.11 Å². The monoisotopic (exact) mass is 176 g/mol. The molecule has 0 N–H and O–H groups in total. The van der Waals surface area contributed by atoms with Crippen molar-refractivity contribution in [3.05, 3.63) is 29.2 Å². The Morgan fingerprint density at radius 1 is 1.50 bits per heavy atom. The molecule has 1 aliphatic rings. The third kappa shape index (κ3) is 1.92. The molecule has 0 bridgehead atoms. The van der Waals surface area contributed by atoms with Crippen LogP contribution in [0.2, 0.25) is 0 Å². The largest absolute Gasteiger partial charge is 0.493 e. The van der Waals surface area contributed by atoms with Crippen LogP contribution in [0.15, 0.2) is 29.2 Å². The Balaban J connectivity index is 2.83. The summed E-state index contributed by atoms with van der Waals surface area (Å²) in [5.41, 5.74) is 1.74. The maximum atomic E-state index is 12.0. The highest BCUT2D eigenvalue weighted by molar-refractivity contribution is 5.29. The minimum absolute atomic E-state index is 0.155. The van der Waals surface area contributed by atoms with E-state index in [2.05, 4.69) is 5.73 Å². The molecule has 0 radical (unpaired) electrons. The lowest BCUT2D eigenvalue weighted by Crippen LogP contribution is -2.11. The maximum Gasteiger partial charge on any atom is 0.416 e. The molecule has 0 spiro atoms. The van der Waals surface area contributed by atoms with E-state index in [4.69, 9.17) is 4.74 Å². The van der Waals surface area contributed by atoms with Crippen molar-refractivity contribution in [2.45, 2.75) is 12.6 Å². The van der Waals surface area contributed by atoms with E-state index >= 15 is 0 Å². The predicted octanol–water partition coefficient (Wildman–Crippen LogP) is 2.56. The van der Waals surface area contributed by atoms with Gasteiger partial charge >= 0.3 is 6.18 Å². The summed E-state index contributed by atoms with van der Waals surface area (Å²) in [6.45, 7) is 0. The van der Waals surface area contributed by atoms with Gasteiger partial charge in [-0.15, -0.1) is 0 Å². The van der Waals surface area contributed by atoms with Crippen molar-refractivity contribution in [1.29, 1.82) is 0 Å². The molecule has 0 fully saturated rings. The highest BCUT2D eigenvalue weighted by atomic mass is 19.4. The average molecular weight is 176 g/mol. The molecule has 1 aliphatic carbocycles. The fourth-order valence-corrected chi connectivity index (χ4v) is 0.819. The first-order valence-electron chi connectivity index (χ1n) is 3.31. The molecule has 0 atom stereocenters. The third-order valence-corrected chi connectivity index (χ3v) is 1.47. The molecule has 66 valence electrons. The van der Waals surface area contributed by atoms with E-state index in [0.717, 1.165) is 12.2 Å². The SMILES string of the molecule is COC1=C=CC(C(F)(F)F)=CC1. The van der Waals surface area contributed by atoms with Gasteiger partial charge in [0, 0.05) is 6.42 Å². The molecule has 0 aliphatic heterocycles. The van der Waals surface area contributed by atoms with Crippen LogP contribution in [0.5, 0.6) is 0 Å². The Morgan fingerprint density at radius 2 is 2.17 bits per heavy atom. The van der Waals surface area contributed by atoms with Crippen molar-refractivity contribution < 1.29 is 17.9 Å². The zero-order valence-corrected chi connectivity index (χ0v) is 6.40. The van der Waals surface area contributed by atoms with Crippen molar-refractivity contribution in [3.8, 4) is 0 Å². The van der Waals surface area contributed by atoms with Crippen LogP contribution < -0.4 is 0 Å². The summed E-state index contributed by atoms with van der Waals surface area (Å²) >= 11 is 0. The average Bonchev–Trinajstić information content (AvgIpc) is 2.03. The second-order valence-electron chi connectivity index (χ2n) is 2.28. The van der Waals surface area contributed by atoms with Gasteiger partial charge in [0.15, 0.2) is 0 Å². The molecule has 1 nitrogen and oxygen atoms in total.